The molecule has 0 aliphatic carbocycles. The topological polar surface area (TPSA) is 55.5 Å². The van der Waals surface area contributed by atoms with Gasteiger partial charge in [0.15, 0.2) is 0 Å². The van der Waals surface area contributed by atoms with Gasteiger partial charge in [-0.3, -0.25) is 0 Å². The molecule has 1 aromatic carbocycles. The largest absolute Gasteiger partial charge is 0.398 e. The van der Waals surface area contributed by atoms with Gasteiger partial charge in [0.2, 0.25) is 0 Å². The third kappa shape index (κ3) is 5.53. The summed E-state index contributed by atoms with van der Waals surface area (Å²) in [6, 6.07) is 8.18. The van der Waals surface area contributed by atoms with Crippen LogP contribution in [0.4, 0.5) is 5.69 Å². The number of nitrogen functional groups attached to an aromatic ring is 1. The maximum atomic E-state index is 5.99. The van der Waals surface area contributed by atoms with Crippen LogP contribution in [0, 0.1) is 0 Å². The number of rotatable bonds is 11. The van der Waals surface area contributed by atoms with Crippen LogP contribution < -0.4 is 11.1 Å². The van der Waals surface area contributed by atoms with Crippen molar-refractivity contribution in [2.75, 3.05) is 52.2 Å². The standard InChI is InChI=1S/C18H30N4O/c1-3-23-15-14-21(2)11-5-9-20-10-13-22-12-8-16-17(19)6-4-7-18(16)22/h4,6-8,12,20H,3,5,9-11,13-15,19H2,1-2H3. The highest BCUT2D eigenvalue weighted by Crippen LogP contribution is 2.21. The first-order valence-electron chi connectivity index (χ1n) is 8.52. The lowest BCUT2D eigenvalue weighted by molar-refractivity contribution is 0.122. The molecule has 0 spiro atoms. The average molecular weight is 318 g/mol. The fraction of sp³-hybridized carbons (Fsp3) is 0.556. The maximum Gasteiger partial charge on any atom is 0.0593 e. The normalized spacial score (nSPS) is 11.6. The first kappa shape index (κ1) is 17.8. The molecule has 0 aliphatic heterocycles. The van der Waals surface area contributed by atoms with Crippen molar-refractivity contribution in [2.24, 2.45) is 0 Å². The fourth-order valence-electron chi connectivity index (χ4n) is 2.72. The molecule has 0 atom stereocenters. The van der Waals surface area contributed by atoms with Crippen LogP contribution in [0.3, 0.4) is 0 Å². The summed E-state index contributed by atoms with van der Waals surface area (Å²) in [5.74, 6) is 0. The van der Waals surface area contributed by atoms with Gasteiger partial charge in [0.05, 0.1) is 12.1 Å². The van der Waals surface area contributed by atoms with E-state index in [2.05, 4.69) is 40.2 Å². The molecule has 3 N–H and O–H groups in total. The predicted molar refractivity (Wildman–Crippen MR) is 97.8 cm³/mol. The molecule has 0 aliphatic rings. The summed E-state index contributed by atoms with van der Waals surface area (Å²) < 4.78 is 7.62. The van der Waals surface area contributed by atoms with Crippen LogP contribution in [0.15, 0.2) is 30.5 Å². The van der Waals surface area contributed by atoms with Gasteiger partial charge >= 0.3 is 0 Å². The van der Waals surface area contributed by atoms with Crippen LogP contribution in [0.5, 0.6) is 0 Å². The third-order valence-electron chi connectivity index (χ3n) is 4.09. The highest BCUT2D eigenvalue weighted by Gasteiger charge is 2.03. The number of likely N-dealkylation sites (N-methyl/N-ethyl adjacent to an activating group) is 1. The SMILES string of the molecule is CCOCCN(C)CCCNCCn1ccc2c(N)cccc21. The van der Waals surface area contributed by atoms with Crippen LogP contribution in [0.1, 0.15) is 13.3 Å². The van der Waals surface area contributed by atoms with Crippen LogP contribution >= 0.6 is 0 Å². The molecule has 0 radical (unpaired) electrons. The minimum absolute atomic E-state index is 0.801. The van der Waals surface area contributed by atoms with Gasteiger partial charge in [-0.2, -0.15) is 0 Å². The first-order valence-corrected chi connectivity index (χ1v) is 8.52. The Bertz CT molecular complexity index is 581. The Morgan fingerprint density at radius 2 is 2.09 bits per heavy atom. The van der Waals surface area contributed by atoms with E-state index in [1.165, 1.54) is 5.52 Å². The molecule has 0 fully saturated rings. The van der Waals surface area contributed by atoms with E-state index >= 15 is 0 Å². The van der Waals surface area contributed by atoms with Gasteiger partial charge in [0.25, 0.3) is 0 Å². The second-order valence-corrected chi connectivity index (χ2v) is 5.89. The second kappa shape index (κ2) is 9.55. The molecule has 5 heteroatoms. The lowest BCUT2D eigenvalue weighted by Gasteiger charge is -2.16. The summed E-state index contributed by atoms with van der Waals surface area (Å²) in [5.41, 5.74) is 8.06. The molecule has 2 rings (SSSR count). The quantitative estimate of drug-likeness (QED) is 0.492. The van der Waals surface area contributed by atoms with Crippen LogP contribution in [0.2, 0.25) is 0 Å². The molecule has 2 aromatic rings. The van der Waals surface area contributed by atoms with E-state index in [9.17, 15) is 0 Å². The number of anilines is 1. The van der Waals surface area contributed by atoms with E-state index in [4.69, 9.17) is 10.5 Å². The number of hydrogen-bond acceptors (Lipinski definition) is 4. The van der Waals surface area contributed by atoms with Gasteiger partial charge in [-0.15, -0.1) is 0 Å². The van der Waals surface area contributed by atoms with Crippen molar-refractivity contribution >= 4 is 16.6 Å². The Balaban J connectivity index is 1.61. The van der Waals surface area contributed by atoms with Gasteiger partial charge in [-0.05, 0) is 51.7 Å². The van der Waals surface area contributed by atoms with E-state index in [-0.39, 0.29) is 0 Å². The Morgan fingerprint density at radius 1 is 1.22 bits per heavy atom. The summed E-state index contributed by atoms with van der Waals surface area (Å²) >= 11 is 0. The third-order valence-corrected chi connectivity index (χ3v) is 4.09. The smallest absolute Gasteiger partial charge is 0.0593 e. The minimum atomic E-state index is 0.801. The Morgan fingerprint density at radius 3 is 2.91 bits per heavy atom. The van der Waals surface area contributed by atoms with Crippen LogP contribution in [0.25, 0.3) is 10.9 Å². The summed E-state index contributed by atoms with van der Waals surface area (Å²) in [5, 5.41) is 4.66. The Labute approximate surface area is 139 Å². The van der Waals surface area contributed by atoms with Gasteiger partial charge in [0, 0.05) is 43.5 Å². The number of nitrogens with two attached hydrogens (primary N) is 1. The van der Waals surface area contributed by atoms with Crippen molar-refractivity contribution in [1.82, 2.24) is 14.8 Å². The van der Waals surface area contributed by atoms with E-state index in [1.54, 1.807) is 0 Å². The van der Waals surface area contributed by atoms with Crippen molar-refractivity contribution in [3.05, 3.63) is 30.5 Å². The summed E-state index contributed by atoms with van der Waals surface area (Å²) in [4.78, 5) is 2.32. The van der Waals surface area contributed by atoms with E-state index in [1.807, 2.05) is 19.1 Å². The Hall–Kier alpha value is -1.56. The summed E-state index contributed by atoms with van der Waals surface area (Å²) in [7, 11) is 2.15. The van der Waals surface area contributed by atoms with Crippen molar-refractivity contribution in [1.29, 1.82) is 0 Å². The molecule has 23 heavy (non-hydrogen) atoms. The zero-order valence-corrected chi connectivity index (χ0v) is 14.4. The highest BCUT2D eigenvalue weighted by molar-refractivity contribution is 5.91. The molecule has 0 saturated heterocycles. The van der Waals surface area contributed by atoms with Crippen molar-refractivity contribution in [2.45, 2.75) is 19.9 Å². The number of aromatic nitrogens is 1. The monoisotopic (exact) mass is 318 g/mol. The predicted octanol–water partition coefficient (Wildman–Crippen LogP) is 2.17. The van der Waals surface area contributed by atoms with Crippen LogP contribution in [-0.2, 0) is 11.3 Å². The van der Waals surface area contributed by atoms with Gasteiger partial charge in [-0.25, -0.2) is 0 Å². The maximum absolute atomic E-state index is 5.99. The molecule has 0 saturated carbocycles. The lowest BCUT2D eigenvalue weighted by Crippen LogP contribution is -2.28. The summed E-state index contributed by atoms with van der Waals surface area (Å²) in [6.07, 6.45) is 3.27. The molecular weight excluding hydrogens is 288 g/mol. The number of ether oxygens (including phenoxy) is 1. The zero-order valence-electron chi connectivity index (χ0n) is 14.4. The number of hydrogen-bond donors (Lipinski definition) is 2. The Kier molecular flexibility index (Phi) is 7.39. The van der Waals surface area contributed by atoms with Crippen molar-refractivity contribution < 1.29 is 4.74 Å². The van der Waals surface area contributed by atoms with Gasteiger partial charge in [-0.1, -0.05) is 6.07 Å². The minimum Gasteiger partial charge on any atom is -0.398 e. The number of benzene rings is 1. The molecule has 0 bridgehead atoms. The molecule has 1 aromatic heterocycles. The van der Waals surface area contributed by atoms with E-state index in [0.29, 0.717) is 0 Å². The average Bonchev–Trinajstić information content (AvgIpc) is 2.96. The van der Waals surface area contributed by atoms with E-state index in [0.717, 1.165) is 63.4 Å². The molecule has 0 unspecified atom stereocenters. The van der Waals surface area contributed by atoms with E-state index < -0.39 is 0 Å². The van der Waals surface area contributed by atoms with Gasteiger partial charge in [0.1, 0.15) is 0 Å². The zero-order chi connectivity index (χ0) is 16.5. The number of nitrogens with zero attached hydrogens (tertiary/aromatic N) is 2. The molecule has 128 valence electrons. The van der Waals surface area contributed by atoms with Gasteiger partial charge < -0.3 is 25.3 Å². The fourth-order valence-corrected chi connectivity index (χ4v) is 2.72. The second-order valence-electron chi connectivity index (χ2n) is 5.89. The van der Waals surface area contributed by atoms with Crippen molar-refractivity contribution in [3.63, 3.8) is 0 Å². The number of nitrogens with one attached hydrogen (secondary N) is 1. The molecule has 0 amide bonds. The lowest BCUT2D eigenvalue weighted by atomic mass is 10.2. The molecule has 5 nitrogen and oxygen atoms in total. The summed E-state index contributed by atoms with van der Waals surface area (Å²) in [6.45, 7) is 8.74. The molecular formula is C18H30N4O. The highest BCUT2D eigenvalue weighted by atomic mass is 16.5. The first-order chi connectivity index (χ1) is 11.2. The van der Waals surface area contributed by atoms with Crippen LogP contribution in [-0.4, -0.2) is 55.9 Å². The molecule has 1 heterocycles. The number of fused-ring (bicyclic) bond motifs is 1. The van der Waals surface area contributed by atoms with Crippen molar-refractivity contribution in [3.8, 4) is 0 Å².